The van der Waals surface area contributed by atoms with Gasteiger partial charge in [-0.1, -0.05) is 11.3 Å². The molecule has 0 aliphatic carbocycles. The lowest BCUT2D eigenvalue weighted by Gasteiger charge is -2.04. The molecule has 0 saturated carbocycles. The molecule has 1 aromatic carbocycles. The lowest BCUT2D eigenvalue weighted by Crippen LogP contribution is -2.12. The van der Waals surface area contributed by atoms with Gasteiger partial charge in [-0.15, -0.1) is 0 Å². The van der Waals surface area contributed by atoms with E-state index in [0.717, 1.165) is 23.5 Å². The van der Waals surface area contributed by atoms with Crippen molar-refractivity contribution in [3.05, 3.63) is 39.7 Å². The minimum atomic E-state index is -3.88. The van der Waals surface area contributed by atoms with Gasteiger partial charge >= 0.3 is 0 Å². The molecule has 2 rings (SSSR count). The van der Waals surface area contributed by atoms with Crippen molar-refractivity contribution < 1.29 is 17.6 Å². The molecule has 3 N–H and O–H groups in total. The Morgan fingerprint density at radius 2 is 2.14 bits per heavy atom. The number of nitrogens with one attached hydrogen (secondary N) is 1. The highest BCUT2D eigenvalue weighted by atomic mass is 79.9. The highest BCUT2D eigenvalue weighted by molar-refractivity contribution is 9.10. The zero-order valence-electron chi connectivity index (χ0n) is 10.6. The van der Waals surface area contributed by atoms with Crippen molar-refractivity contribution >= 4 is 48.3 Å². The van der Waals surface area contributed by atoms with Crippen molar-refractivity contribution in [2.45, 2.75) is 11.1 Å². The fraction of sp³-hybridized carbons (Fsp3) is 0.0909. The van der Waals surface area contributed by atoms with Gasteiger partial charge in [0.15, 0.2) is 9.34 Å². The highest BCUT2D eigenvalue weighted by Gasteiger charge is 2.19. The second kappa shape index (κ2) is 5.79. The van der Waals surface area contributed by atoms with E-state index in [1.54, 1.807) is 0 Å². The summed E-state index contributed by atoms with van der Waals surface area (Å²) in [6.45, 7) is 1.47. The molecule has 1 heterocycles. The van der Waals surface area contributed by atoms with E-state index in [-0.39, 0.29) is 25.1 Å². The number of aromatic nitrogens is 1. The Kier molecular flexibility index (Phi) is 4.42. The molecule has 0 aliphatic heterocycles. The number of anilines is 1. The third-order valence-electron chi connectivity index (χ3n) is 2.41. The predicted molar refractivity (Wildman–Crippen MR) is 80.3 cm³/mol. The van der Waals surface area contributed by atoms with Crippen LogP contribution in [0.5, 0.6) is 0 Å². The standard InChI is InChI=1S/C11H9BrFN3O3S2/c1-5-10(21(14,18)19)20-11(15-5)16-9(17)7-3-2-6(13)4-8(7)12/h2-4H,1H3,(H2,14,18,19)(H,15,16,17). The van der Waals surface area contributed by atoms with Gasteiger partial charge < -0.3 is 0 Å². The summed E-state index contributed by atoms with van der Waals surface area (Å²) >= 11 is 3.83. The molecule has 0 aliphatic rings. The average Bonchev–Trinajstić information content (AvgIpc) is 2.69. The quantitative estimate of drug-likeness (QED) is 0.834. The zero-order chi connectivity index (χ0) is 15.8. The van der Waals surface area contributed by atoms with E-state index >= 15 is 0 Å². The van der Waals surface area contributed by atoms with E-state index in [2.05, 4.69) is 26.2 Å². The van der Waals surface area contributed by atoms with E-state index in [0.29, 0.717) is 0 Å². The summed E-state index contributed by atoms with van der Waals surface area (Å²) < 4.78 is 35.7. The summed E-state index contributed by atoms with van der Waals surface area (Å²) in [4.78, 5) is 16.0. The molecule has 0 atom stereocenters. The number of primary sulfonamides is 1. The second-order valence-corrected chi connectivity index (χ2v) is 7.63. The molecule has 1 amide bonds. The molecule has 1 aromatic heterocycles. The van der Waals surface area contributed by atoms with Gasteiger partial charge in [-0.25, -0.2) is 22.9 Å². The molecular weight excluding hydrogens is 385 g/mol. The van der Waals surface area contributed by atoms with Crippen LogP contribution in [0.2, 0.25) is 0 Å². The number of nitrogens with zero attached hydrogens (tertiary/aromatic N) is 1. The van der Waals surface area contributed by atoms with Crippen LogP contribution in [-0.2, 0) is 10.0 Å². The van der Waals surface area contributed by atoms with Gasteiger partial charge in [0, 0.05) is 4.47 Å². The number of aryl methyl sites for hydroxylation is 1. The molecule has 0 bridgehead atoms. The van der Waals surface area contributed by atoms with Gasteiger partial charge in [-0.3, -0.25) is 10.1 Å². The number of rotatable bonds is 3. The Morgan fingerprint density at radius 1 is 1.48 bits per heavy atom. The van der Waals surface area contributed by atoms with E-state index in [4.69, 9.17) is 5.14 Å². The SMILES string of the molecule is Cc1nc(NC(=O)c2ccc(F)cc2Br)sc1S(N)(=O)=O. The molecule has 0 saturated heterocycles. The lowest BCUT2D eigenvalue weighted by atomic mass is 10.2. The van der Waals surface area contributed by atoms with E-state index in [9.17, 15) is 17.6 Å². The monoisotopic (exact) mass is 393 g/mol. The van der Waals surface area contributed by atoms with Crippen LogP contribution in [0.4, 0.5) is 9.52 Å². The van der Waals surface area contributed by atoms with Crippen LogP contribution in [0, 0.1) is 12.7 Å². The Balaban J connectivity index is 2.28. The maximum atomic E-state index is 13.0. The van der Waals surface area contributed by atoms with E-state index in [1.807, 2.05) is 0 Å². The molecule has 0 unspecified atom stereocenters. The molecule has 0 radical (unpaired) electrons. The number of carbonyl (C=O) groups is 1. The fourth-order valence-corrected chi connectivity index (χ4v) is 3.92. The molecule has 21 heavy (non-hydrogen) atoms. The maximum Gasteiger partial charge on any atom is 0.258 e. The maximum absolute atomic E-state index is 13.0. The van der Waals surface area contributed by atoms with Gasteiger partial charge in [0.05, 0.1) is 11.3 Å². The van der Waals surface area contributed by atoms with Crippen molar-refractivity contribution in [3.8, 4) is 0 Å². The Hall–Kier alpha value is -1.36. The van der Waals surface area contributed by atoms with Crippen LogP contribution in [-0.4, -0.2) is 19.3 Å². The third kappa shape index (κ3) is 3.64. The van der Waals surface area contributed by atoms with E-state index < -0.39 is 21.7 Å². The summed E-state index contributed by atoms with van der Waals surface area (Å²) in [5.41, 5.74) is 0.400. The van der Waals surface area contributed by atoms with Crippen LogP contribution in [0.3, 0.4) is 0 Å². The number of hydrogen-bond donors (Lipinski definition) is 2. The Morgan fingerprint density at radius 3 is 2.67 bits per heavy atom. The minimum Gasteiger partial charge on any atom is -0.298 e. The van der Waals surface area contributed by atoms with Gasteiger partial charge in [0.25, 0.3) is 5.91 Å². The van der Waals surface area contributed by atoms with Crippen molar-refractivity contribution in [1.29, 1.82) is 0 Å². The van der Waals surface area contributed by atoms with Gasteiger partial charge in [-0.2, -0.15) is 0 Å². The van der Waals surface area contributed by atoms with Crippen LogP contribution in [0.1, 0.15) is 16.1 Å². The normalized spacial score (nSPS) is 11.4. The first-order valence-electron chi connectivity index (χ1n) is 5.45. The minimum absolute atomic E-state index is 0.0951. The number of benzene rings is 1. The Labute approximate surface area is 132 Å². The van der Waals surface area contributed by atoms with Crippen molar-refractivity contribution in [2.75, 3.05) is 5.32 Å². The molecule has 0 fully saturated rings. The highest BCUT2D eigenvalue weighted by Crippen LogP contribution is 2.27. The van der Waals surface area contributed by atoms with Crippen molar-refractivity contribution in [1.82, 2.24) is 4.98 Å². The Bertz CT molecular complexity index is 820. The van der Waals surface area contributed by atoms with Crippen molar-refractivity contribution in [3.63, 3.8) is 0 Å². The summed E-state index contributed by atoms with van der Waals surface area (Å²) in [5, 5.41) is 7.58. The summed E-state index contributed by atoms with van der Waals surface area (Å²) in [6, 6.07) is 3.59. The predicted octanol–water partition coefficient (Wildman–Crippen LogP) is 2.25. The number of sulfonamides is 1. The largest absolute Gasteiger partial charge is 0.298 e. The van der Waals surface area contributed by atoms with Gasteiger partial charge in [0.2, 0.25) is 10.0 Å². The summed E-state index contributed by atoms with van der Waals surface area (Å²) in [5.74, 6) is -1.03. The fourth-order valence-electron chi connectivity index (χ4n) is 1.54. The average molecular weight is 394 g/mol. The number of halogens is 2. The molecule has 0 spiro atoms. The second-order valence-electron chi connectivity index (χ2n) is 4.02. The summed E-state index contributed by atoms with van der Waals surface area (Å²) in [6.07, 6.45) is 0. The number of carbonyl (C=O) groups excluding carboxylic acids is 1. The first-order valence-corrected chi connectivity index (χ1v) is 8.60. The van der Waals surface area contributed by atoms with Crippen LogP contribution >= 0.6 is 27.3 Å². The number of amides is 1. The number of thiazole rings is 1. The molecule has 112 valence electrons. The van der Waals surface area contributed by atoms with Crippen LogP contribution in [0.15, 0.2) is 26.9 Å². The first-order chi connectivity index (χ1) is 9.68. The lowest BCUT2D eigenvalue weighted by molar-refractivity contribution is 0.102. The smallest absolute Gasteiger partial charge is 0.258 e. The zero-order valence-corrected chi connectivity index (χ0v) is 13.8. The molecule has 2 aromatic rings. The van der Waals surface area contributed by atoms with E-state index in [1.165, 1.54) is 13.0 Å². The number of hydrogen-bond acceptors (Lipinski definition) is 5. The summed E-state index contributed by atoms with van der Waals surface area (Å²) in [7, 11) is -3.88. The first kappa shape index (κ1) is 16.0. The van der Waals surface area contributed by atoms with Crippen LogP contribution in [0.25, 0.3) is 0 Å². The van der Waals surface area contributed by atoms with Crippen LogP contribution < -0.4 is 10.5 Å². The number of nitrogens with two attached hydrogens (primary N) is 1. The molecule has 10 heteroatoms. The van der Waals surface area contributed by atoms with Crippen molar-refractivity contribution in [2.24, 2.45) is 5.14 Å². The molecule has 6 nitrogen and oxygen atoms in total. The topological polar surface area (TPSA) is 102 Å². The van der Waals surface area contributed by atoms with Gasteiger partial charge in [-0.05, 0) is 41.1 Å². The molecular formula is C11H9BrFN3O3S2. The van der Waals surface area contributed by atoms with Gasteiger partial charge in [0.1, 0.15) is 5.82 Å². The third-order valence-corrected chi connectivity index (χ3v) is 5.69.